The standard InChI is InChI=1S/C26H21N3O9/c1-16-7-9-22(21(11-16)29(33)34)36-15-19-8-10-25(37-19)26(30)27-17-12-18(28(31)32)14-20(13-17)38-24-6-4-3-5-23(24)35-2/h3-14H,15H2,1-2H3,(H,27,30). The number of rotatable bonds is 10. The number of hydrogen-bond acceptors (Lipinski definition) is 9. The van der Waals surface area contributed by atoms with Crippen LogP contribution in [0.25, 0.3) is 0 Å². The first-order valence-corrected chi connectivity index (χ1v) is 11.1. The zero-order valence-corrected chi connectivity index (χ0v) is 20.2. The van der Waals surface area contributed by atoms with Gasteiger partial charge < -0.3 is 23.9 Å². The van der Waals surface area contributed by atoms with Gasteiger partial charge in [-0.2, -0.15) is 0 Å². The van der Waals surface area contributed by atoms with E-state index in [0.29, 0.717) is 17.1 Å². The summed E-state index contributed by atoms with van der Waals surface area (Å²) in [6.45, 7) is 1.56. The van der Waals surface area contributed by atoms with E-state index in [1.807, 2.05) is 0 Å². The normalized spacial score (nSPS) is 10.5. The molecule has 0 aliphatic carbocycles. The molecule has 38 heavy (non-hydrogen) atoms. The molecule has 194 valence electrons. The third kappa shape index (κ3) is 6.05. The van der Waals surface area contributed by atoms with Gasteiger partial charge in [0.25, 0.3) is 11.6 Å². The van der Waals surface area contributed by atoms with E-state index in [2.05, 4.69) is 5.32 Å². The van der Waals surface area contributed by atoms with E-state index >= 15 is 0 Å². The van der Waals surface area contributed by atoms with Gasteiger partial charge in [0.1, 0.15) is 18.1 Å². The number of nitro benzene ring substituents is 2. The largest absolute Gasteiger partial charge is 0.493 e. The first-order valence-electron chi connectivity index (χ1n) is 11.1. The van der Waals surface area contributed by atoms with Crippen molar-refractivity contribution in [3.8, 4) is 23.0 Å². The Morgan fingerprint density at radius 3 is 2.39 bits per heavy atom. The van der Waals surface area contributed by atoms with Crippen LogP contribution in [-0.4, -0.2) is 22.9 Å². The Morgan fingerprint density at radius 1 is 0.921 bits per heavy atom. The van der Waals surface area contributed by atoms with Crippen LogP contribution in [0.4, 0.5) is 17.1 Å². The monoisotopic (exact) mass is 519 g/mol. The molecule has 4 aromatic rings. The zero-order valence-electron chi connectivity index (χ0n) is 20.2. The molecule has 1 N–H and O–H groups in total. The molecule has 0 bridgehead atoms. The number of nitrogens with one attached hydrogen (secondary N) is 1. The molecule has 0 radical (unpaired) electrons. The molecule has 3 aromatic carbocycles. The number of aryl methyl sites for hydroxylation is 1. The predicted octanol–water partition coefficient (Wildman–Crippen LogP) is 6.04. The van der Waals surface area contributed by atoms with Gasteiger partial charge in [-0.3, -0.25) is 25.0 Å². The summed E-state index contributed by atoms with van der Waals surface area (Å²) in [4.78, 5) is 34.3. The van der Waals surface area contributed by atoms with Crippen molar-refractivity contribution in [2.24, 2.45) is 0 Å². The summed E-state index contributed by atoms with van der Waals surface area (Å²) in [6, 6.07) is 18.0. The molecule has 1 heterocycles. The molecule has 0 saturated carbocycles. The summed E-state index contributed by atoms with van der Waals surface area (Å²) in [5, 5.41) is 25.3. The summed E-state index contributed by atoms with van der Waals surface area (Å²) in [7, 11) is 1.46. The van der Waals surface area contributed by atoms with Gasteiger partial charge in [0.15, 0.2) is 23.0 Å². The topological polar surface area (TPSA) is 156 Å². The lowest BCUT2D eigenvalue weighted by Crippen LogP contribution is -2.11. The molecule has 0 saturated heterocycles. The van der Waals surface area contributed by atoms with Crippen LogP contribution in [0.15, 0.2) is 77.2 Å². The minimum atomic E-state index is -0.679. The second-order valence-electron chi connectivity index (χ2n) is 7.96. The van der Waals surface area contributed by atoms with Crippen LogP contribution >= 0.6 is 0 Å². The molecule has 12 heteroatoms. The number of nitro groups is 2. The minimum absolute atomic E-state index is 0.0576. The third-order valence-corrected chi connectivity index (χ3v) is 5.22. The van der Waals surface area contributed by atoms with Crippen molar-refractivity contribution in [2.45, 2.75) is 13.5 Å². The molecule has 0 spiro atoms. The SMILES string of the molecule is COc1ccccc1Oc1cc(NC(=O)c2ccc(COc3ccc(C)cc3[N+](=O)[O-])o2)cc([N+](=O)[O-])c1. The summed E-state index contributed by atoms with van der Waals surface area (Å²) in [6.07, 6.45) is 0. The minimum Gasteiger partial charge on any atom is -0.493 e. The molecule has 0 aliphatic rings. The lowest BCUT2D eigenvalue weighted by Gasteiger charge is -2.11. The third-order valence-electron chi connectivity index (χ3n) is 5.22. The number of benzene rings is 3. The summed E-state index contributed by atoms with van der Waals surface area (Å²) >= 11 is 0. The van der Waals surface area contributed by atoms with Crippen molar-refractivity contribution in [1.82, 2.24) is 0 Å². The van der Waals surface area contributed by atoms with Crippen LogP contribution in [0, 0.1) is 27.2 Å². The van der Waals surface area contributed by atoms with Crippen molar-refractivity contribution in [3.63, 3.8) is 0 Å². The number of hydrogen-bond donors (Lipinski definition) is 1. The van der Waals surface area contributed by atoms with E-state index < -0.39 is 15.8 Å². The summed E-state index contributed by atoms with van der Waals surface area (Å²) in [5.74, 6) is 0.379. The van der Waals surface area contributed by atoms with Gasteiger partial charge in [-0.15, -0.1) is 0 Å². The van der Waals surface area contributed by atoms with E-state index in [1.54, 1.807) is 37.3 Å². The Labute approximate surface area is 215 Å². The van der Waals surface area contributed by atoms with Crippen LogP contribution in [0.5, 0.6) is 23.0 Å². The van der Waals surface area contributed by atoms with Gasteiger partial charge in [0.2, 0.25) is 0 Å². The maximum atomic E-state index is 12.8. The highest BCUT2D eigenvalue weighted by atomic mass is 16.6. The van der Waals surface area contributed by atoms with Gasteiger partial charge in [-0.05, 0) is 42.8 Å². The lowest BCUT2D eigenvalue weighted by atomic mass is 10.2. The Bertz CT molecular complexity index is 1510. The number of anilines is 1. The molecule has 4 rings (SSSR count). The average Bonchev–Trinajstić information content (AvgIpc) is 3.37. The number of ether oxygens (including phenoxy) is 3. The Hall–Kier alpha value is -5.39. The molecule has 12 nitrogen and oxygen atoms in total. The predicted molar refractivity (Wildman–Crippen MR) is 135 cm³/mol. The average molecular weight is 519 g/mol. The van der Waals surface area contributed by atoms with E-state index in [0.717, 1.165) is 0 Å². The van der Waals surface area contributed by atoms with Crippen molar-refractivity contribution in [2.75, 3.05) is 12.4 Å². The van der Waals surface area contributed by atoms with E-state index in [9.17, 15) is 25.0 Å². The first kappa shape index (κ1) is 25.7. The number of amides is 1. The molecule has 0 aliphatic heterocycles. The lowest BCUT2D eigenvalue weighted by molar-refractivity contribution is -0.386. The number of carbonyl (C=O) groups excluding carboxylic acids is 1. The van der Waals surface area contributed by atoms with Gasteiger partial charge in [0.05, 0.1) is 28.7 Å². The maximum Gasteiger partial charge on any atom is 0.311 e. The summed E-state index contributed by atoms with van der Waals surface area (Å²) in [5.41, 5.74) is 0.310. The highest BCUT2D eigenvalue weighted by Gasteiger charge is 2.19. The second-order valence-corrected chi connectivity index (χ2v) is 7.96. The number of non-ortho nitro benzene ring substituents is 1. The Kier molecular flexibility index (Phi) is 7.52. The molecule has 0 atom stereocenters. The molecule has 1 amide bonds. The van der Waals surface area contributed by atoms with Crippen molar-refractivity contribution in [1.29, 1.82) is 0 Å². The highest BCUT2D eigenvalue weighted by Crippen LogP contribution is 2.34. The van der Waals surface area contributed by atoms with Gasteiger partial charge in [-0.1, -0.05) is 18.2 Å². The fourth-order valence-electron chi connectivity index (χ4n) is 3.46. The smallest absolute Gasteiger partial charge is 0.311 e. The van der Waals surface area contributed by atoms with Crippen LogP contribution < -0.4 is 19.5 Å². The van der Waals surface area contributed by atoms with Gasteiger partial charge in [0, 0.05) is 18.2 Å². The van der Waals surface area contributed by atoms with Gasteiger partial charge in [-0.25, -0.2) is 0 Å². The number of methoxy groups -OCH3 is 1. The van der Waals surface area contributed by atoms with E-state index in [1.165, 1.54) is 49.6 Å². The molecule has 1 aromatic heterocycles. The van der Waals surface area contributed by atoms with Gasteiger partial charge >= 0.3 is 5.69 Å². The molecule has 0 unspecified atom stereocenters. The number of carbonyl (C=O) groups is 1. The Morgan fingerprint density at radius 2 is 1.68 bits per heavy atom. The Balaban J connectivity index is 1.48. The van der Waals surface area contributed by atoms with Crippen LogP contribution in [0.1, 0.15) is 21.9 Å². The van der Waals surface area contributed by atoms with Crippen molar-refractivity contribution < 1.29 is 33.3 Å². The number of furan rings is 1. The fraction of sp³-hybridized carbons (Fsp3) is 0.115. The van der Waals surface area contributed by atoms with E-state index in [-0.39, 0.29) is 46.7 Å². The number of para-hydroxylation sites is 2. The van der Waals surface area contributed by atoms with Crippen molar-refractivity contribution in [3.05, 3.63) is 110 Å². The van der Waals surface area contributed by atoms with Crippen LogP contribution in [0.2, 0.25) is 0 Å². The highest BCUT2D eigenvalue weighted by molar-refractivity contribution is 6.02. The molecule has 0 fully saturated rings. The fourth-order valence-corrected chi connectivity index (χ4v) is 3.46. The van der Waals surface area contributed by atoms with Crippen molar-refractivity contribution >= 4 is 23.0 Å². The molecular weight excluding hydrogens is 498 g/mol. The maximum absolute atomic E-state index is 12.8. The first-order chi connectivity index (χ1) is 18.2. The zero-order chi connectivity index (χ0) is 27.2. The van der Waals surface area contributed by atoms with E-state index in [4.69, 9.17) is 18.6 Å². The number of nitrogens with zero attached hydrogens (tertiary/aromatic N) is 2. The molecular formula is C26H21N3O9. The second kappa shape index (κ2) is 11.1. The quantitative estimate of drug-likeness (QED) is 0.195. The van der Waals surface area contributed by atoms with Crippen LogP contribution in [-0.2, 0) is 6.61 Å². The van der Waals surface area contributed by atoms with Crippen LogP contribution in [0.3, 0.4) is 0 Å². The summed E-state index contributed by atoms with van der Waals surface area (Å²) < 4.78 is 22.0.